The summed E-state index contributed by atoms with van der Waals surface area (Å²) in [5.74, 6) is 2.81. The second kappa shape index (κ2) is 9.33. The van der Waals surface area contributed by atoms with Crippen LogP contribution in [0, 0.1) is 5.41 Å². The minimum Gasteiger partial charge on any atom is -0.323 e. The molecule has 4 nitrogen and oxygen atoms in total. The quantitative estimate of drug-likeness (QED) is 0.338. The third-order valence-corrected chi connectivity index (χ3v) is 3.92. The fraction of sp³-hybridized carbons (Fsp3) is 0.667. The van der Waals surface area contributed by atoms with Gasteiger partial charge in [0.2, 0.25) is 0 Å². The van der Waals surface area contributed by atoms with Crippen LogP contribution in [-0.4, -0.2) is 36.1 Å². The molecule has 0 aliphatic carbocycles. The van der Waals surface area contributed by atoms with E-state index >= 15 is 0 Å². The maximum Gasteiger partial charge on any atom is 0.433 e. The summed E-state index contributed by atoms with van der Waals surface area (Å²) < 4.78 is 0. The SMILES string of the molecule is C=CSCCSCC(=NOC(=O)NC)C(C)(C)C. The zero-order chi connectivity index (χ0) is 14.0. The Hall–Kier alpha value is -0.620. The van der Waals surface area contributed by atoms with Crippen molar-refractivity contribution in [3.63, 3.8) is 0 Å². The van der Waals surface area contributed by atoms with Crippen LogP contribution < -0.4 is 5.32 Å². The van der Waals surface area contributed by atoms with Crippen molar-refractivity contribution < 1.29 is 9.63 Å². The molecule has 0 bridgehead atoms. The number of nitrogens with zero attached hydrogens (tertiary/aromatic N) is 1. The highest BCUT2D eigenvalue weighted by atomic mass is 32.2. The normalized spacial score (nSPS) is 12.1. The molecule has 0 unspecified atom stereocenters. The van der Waals surface area contributed by atoms with E-state index in [1.807, 2.05) is 5.41 Å². The van der Waals surface area contributed by atoms with Crippen molar-refractivity contribution in [2.45, 2.75) is 20.8 Å². The molecule has 0 fully saturated rings. The molecule has 0 aliphatic rings. The van der Waals surface area contributed by atoms with Gasteiger partial charge in [-0.3, -0.25) is 4.84 Å². The molecule has 0 radical (unpaired) electrons. The maximum absolute atomic E-state index is 11.0. The molecule has 0 aromatic rings. The first kappa shape index (κ1) is 17.4. The zero-order valence-corrected chi connectivity index (χ0v) is 13.1. The van der Waals surface area contributed by atoms with Gasteiger partial charge in [0.15, 0.2) is 0 Å². The van der Waals surface area contributed by atoms with Gasteiger partial charge in [0.05, 0.1) is 5.71 Å². The molecule has 6 heteroatoms. The highest BCUT2D eigenvalue weighted by molar-refractivity contribution is 8.04. The van der Waals surface area contributed by atoms with Crippen LogP contribution in [0.2, 0.25) is 0 Å². The monoisotopic (exact) mass is 290 g/mol. The Morgan fingerprint density at radius 1 is 1.44 bits per heavy atom. The fourth-order valence-corrected chi connectivity index (χ4v) is 2.73. The minimum absolute atomic E-state index is 0.105. The Morgan fingerprint density at radius 2 is 2.11 bits per heavy atom. The van der Waals surface area contributed by atoms with E-state index in [1.54, 1.807) is 23.5 Å². The number of thioether (sulfide) groups is 2. The van der Waals surface area contributed by atoms with Gasteiger partial charge in [0, 0.05) is 29.7 Å². The first-order valence-corrected chi connectivity index (χ1v) is 7.88. The van der Waals surface area contributed by atoms with Crippen molar-refractivity contribution >= 4 is 35.3 Å². The lowest BCUT2D eigenvalue weighted by Crippen LogP contribution is -2.25. The van der Waals surface area contributed by atoms with E-state index in [0.29, 0.717) is 0 Å². The predicted molar refractivity (Wildman–Crippen MR) is 82.4 cm³/mol. The summed E-state index contributed by atoms with van der Waals surface area (Å²) in [6.45, 7) is 9.82. The summed E-state index contributed by atoms with van der Waals surface area (Å²) in [4.78, 5) is 15.8. The third-order valence-electron chi connectivity index (χ3n) is 2.01. The van der Waals surface area contributed by atoms with Gasteiger partial charge in [-0.2, -0.15) is 11.8 Å². The number of amides is 1. The predicted octanol–water partition coefficient (Wildman–Crippen LogP) is 3.35. The molecule has 0 heterocycles. The lowest BCUT2D eigenvalue weighted by molar-refractivity contribution is 0.152. The average Bonchev–Trinajstić information content (AvgIpc) is 2.30. The summed E-state index contributed by atoms with van der Waals surface area (Å²) in [6.07, 6.45) is -0.538. The van der Waals surface area contributed by atoms with Crippen molar-refractivity contribution in [2.24, 2.45) is 10.6 Å². The maximum atomic E-state index is 11.0. The van der Waals surface area contributed by atoms with Crippen molar-refractivity contribution in [3.05, 3.63) is 12.0 Å². The molecule has 104 valence electrons. The van der Waals surface area contributed by atoms with Crippen LogP contribution in [0.3, 0.4) is 0 Å². The van der Waals surface area contributed by atoms with Crippen molar-refractivity contribution in [1.29, 1.82) is 0 Å². The largest absolute Gasteiger partial charge is 0.433 e. The van der Waals surface area contributed by atoms with E-state index < -0.39 is 6.09 Å². The number of carbonyl (C=O) groups excluding carboxylic acids is 1. The molecule has 0 saturated heterocycles. The summed E-state index contributed by atoms with van der Waals surface area (Å²) in [5, 5.41) is 8.15. The lowest BCUT2D eigenvalue weighted by Gasteiger charge is -2.20. The van der Waals surface area contributed by atoms with E-state index in [4.69, 9.17) is 4.84 Å². The molecule has 0 aromatic carbocycles. The number of rotatable bonds is 7. The standard InChI is InChI=1S/C12H22N2O2S2/c1-6-17-7-8-18-9-10(12(2,3)4)14-16-11(15)13-5/h6H,1,7-9H2,2-5H3,(H,13,15). The molecule has 0 spiro atoms. The molecular weight excluding hydrogens is 268 g/mol. The Morgan fingerprint density at radius 3 is 2.61 bits per heavy atom. The number of carbonyl (C=O) groups is 1. The van der Waals surface area contributed by atoms with Crippen molar-refractivity contribution in [2.75, 3.05) is 24.3 Å². The summed E-state index contributed by atoms with van der Waals surface area (Å²) in [6, 6.07) is 0. The van der Waals surface area contributed by atoms with Crippen molar-refractivity contribution in [3.8, 4) is 0 Å². The molecule has 0 aliphatic heterocycles. The smallest absolute Gasteiger partial charge is 0.323 e. The van der Waals surface area contributed by atoms with Gasteiger partial charge in [0.1, 0.15) is 0 Å². The van der Waals surface area contributed by atoms with Gasteiger partial charge in [-0.25, -0.2) is 4.79 Å². The Bertz CT molecular complexity index is 299. The number of hydrogen-bond donors (Lipinski definition) is 1. The Labute approximate surface area is 118 Å². The zero-order valence-electron chi connectivity index (χ0n) is 11.5. The molecule has 0 saturated carbocycles. The molecule has 18 heavy (non-hydrogen) atoms. The highest BCUT2D eigenvalue weighted by Crippen LogP contribution is 2.20. The number of hydrogen-bond acceptors (Lipinski definition) is 5. The first-order valence-electron chi connectivity index (χ1n) is 5.68. The van der Waals surface area contributed by atoms with Crippen molar-refractivity contribution in [1.82, 2.24) is 5.32 Å². The van der Waals surface area contributed by atoms with Gasteiger partial charge >= 0.3 is 6.09 Å². The lowest BCUT2D eigenvalue weighted by atomic mass is 9.91. The second-order valence-corrected chi connectivity index (χ2v) is 6.69. The summed E-state index contributed by atoms with van der Waals surface area (Å²) in [7, 11) is 1.51. The Kier molecular flexibility index (Phi) is 9.01. The van der Waals surface area contributed by atoms with Crippen LogP contribution in [0.25, 0.3) is 0 Å². The Balaban J connectivity index is 4.24. The van der Waals surface area contributed by atoms with Gasteiger partial charge in [0.25, 0.3) is 0 Å². The van der Waals surface area contributed by atoms with Gasteiger partial charge < -0.3 is 5.32 Å². The summed E-state index contributed by atoms with van der Waals surface area (Å²) in [5.41, 5.74) is 0.770. The molecule has 0 atom stereocenters. The molecule has 0 aromatic heterocycles. The number of nitrogens with one attached hydrogen (secondary N) is 1. The van der Waals surface area contributed by atoms with Crippen LogP contribution in [0.1, 0.15) is 20.8 Å². The van der Waals surface area contributed by atoms with Crippen LogP contribution in [0.15, 0.2) is 17.1 Å². The van der Waals surface area contributed by atoms with E-state index in [2.05, 4.69) is 37.8 Å². The van der Waals surface area contributed by atoms with Gasteiger partial charge in [-0.05, 0) is 5.41 Å². The number of oxime groups is 1. The third kappa shape index (κ3) is 8.47. The molecule has 1 amide bonds. The minimum atomic E-state index is -0.538. The average molecular weight is 290 g/mol. The second-order valence-electron chi connectivity index (χ2n) is 4.51. The summed E-state index contributed by atoms with van der Waals surface area (Å²) >= 11 is 3.47. The van der Waals surface area contributed by atoms with Crippen LogP contribution in [0.4, 0.5) is 4.79 Å². The van der Waals surface area contributed by atoms with Gasteiger partial charge in [-0.1, -0.05) is 32.5 Å². The fourth-order valence-electron chi connectivity index (χ4n) is 0.881. The van der Waals surface area contributed by atoms with E-state index in [1.165, 1.54) is 7.05 Å². The van der Waals surface area contributed by atoms with Crippen LogP contribution in [-0.2, 0) is 4.84 Å². The van der Waals surface area contributed by atoms with E-state index in [9.17, 15) is 4.79 Å². The topological polar surface area (TPSA) is 50.7 Å². The molecule has 1 N–H and O–H groups in total. The highest BCUT2D eigenvalue weighted by Gasteiger charge is 2.20. The first-order chi connectivity index (χ1) is 8.41. The van der Waals surface area contributed by atoms with Crippen LogP contribution in [0.5, 0.6) is 0 Å². The molecular formula is C12H22N2O2S2. The van der Waals surface area contributed by atoms with Gasteiger partial charge in [-0.15, -0.1) is 11.8 Å². The van der Waals surface area contributed by atoms with Crippen LogP contribution >= 0.6 is 23.5 Å². The molecule has 0 rings (SSSR count). The van der Waals surface area contributed by atoms with E-state index in [0.717, 1.165) is 23.0 Å². The van der Waals surface area contributed by atoms with E-state index in [-0.39, 0.29) is 5.41 Å².